The highest BCUT2D eigenvalue weighted by molar-refractivity contribution is 6.04. The highest BCUT2D eigenvalue weighted by Crippen LogP contribution is 2.32. The van der Waals surface area contributed by atoms with Crippen LogP contribution >= 0.6 is 0 Å². The van der Waals surface area contributed by atoms with Gasteiger partial charge < -0.3 is 0 Å². The van der Waals surface area contributed by atoms with E-state index in [-0.39, 0.29) is 0 Å². The number of rotatable bonds is 8. The monoisotopic (exact) mass is 688 g/mol. The molecule has 0 spiro atoms. The molecule has 254 valence electrons. The van der Waals surface area contributed by atoms with Crippen molar-refractivity contribution in [3.05, 3.63) is 240 Å². The van der Waals surface area contributed by atoms with E-state index in [1.165, 1.54) is 33.4 Å². The molecular formula is C52H36N2. The van der Waals surface area contributed by atoms with E-state index in [1.807, 2.05) is 12.4 Å². The molecule has 0 fully saturated rings. The fourth-order valence-corrected chi connectivity index (χ4v) is 7.12. The van der Waals surface area contributed by atoms with Gasteiger partial charge in [0, 0.05) is 34.3 Å². The third-order valence-corrected chi connectivity index (χ3v) is 9.95. The summed E-state index contributed by atoms with van der Waals surface area (Å²) in [5.74, 6) is 0. The zero-order valence-electron chi connectivity index (χ0n) is 29.7. The number of fused-ring (bicyclic) bond motifs is 3. The molecule has 54 heavy (non-hydrogen) atoms. The van der Waals surface area contributed by atoms with E-state index in [2.05, 4.69) is 206 Å². The smallest absolute Gasteiger partial charge is 0.0965 e. The van der Waals surface area contributed by atoms with E-state index in [0.29, 0.717) is 0 Å². The molecule has 0 unspecified atom stereocenters. The van der Waals surface area contributed by atoms with Crippen molar-refractivity contribution in [2.24, 2.45) is 0 Å². The van der Waals surface area contributed by atoms with E-state index in [1.54, 1.807) is 0 Å². The van der Waals surface area contributed by atoms with Gasteiger partial charge in [-0.15, -0.1) is 0 Å². The summed E-state index contributed by atoms with van der Waals surface area (Å²) in [5, 5.41) is 2.15. The van der Waals surface area contributed by atoms with Crippen molar-refractivity contribution in [3.8, 4) is 22.3 Å². The van der Waals surface area contributed by atoms with Crippen molar-refractivity contribution in [1.29, 1.82) is 0 Å². The first-order chi connectivity index (χ1) is 26.7. The highest BCUT2D eigenvalue weighted by atomic mass is 14.7. The molecule has 0 saturated carbocycles. The van der Waals surface area contributed by atoms with Crippen molar-refractivity contribution in [3.63, 3.8) is 0 Å². The lowest BCUT2D eigenvalue weighted by atomic mass is 9.95. The Morgan fingerprint density at radius 3 is 0.944 bits per heavy atom. The average molecular weight is 689 g/mol. The minimum atomic E-state index is 0.910. The summed E-state index contributed by atoms with van der Waals surface area (Å²) in [7, 11) is 0. The fraction of sp³-hybridized carbons (Fsp3) is 0. The molecule has 9 aromatic rings. The third-order valence-electron chi connectivity index (χ3n) is 9.95. The van der Waals surface area contributed by atoms with Crippen molar-refractivity contribution >= 4 is 45.1 Å². The maximum Gasteiger partial charge on any atom is 0.0965 e. The van der Waals surface area contributed by atoms with Crippen molar-refractivity contribution in [1.82, 2.24) is 9.97 Å². The third kappa shape index (κ3) is 6.89. The lowest BCUT2D eigenvalue weighted by Crippen LogP contribution is -1.90. The normalized spacial score (nSPS) is 11.0. The second kappa shape index (κ2) is 14.8. The van der Waals surface area contributed by atoms with Crippen LogP contribution in [0.15, 0.2) is 207 Å². The van der Waals surface area contributed by atoms with Gasteiger partial charge in [0.25, 0.3) is 0 Å². The van der Waals surface area contributed by atoms with E-state index < -0.39 is 0 Å². The van der Waals surface area contributed by atoms with E-state index in [4.69, 9.17) is 9.97 Å². The molecule has 0 bridgehead atoms. The number of hydrogen-bond donors (Lipinski definition) is 0. The van der Waals surface area contributed by atoms with Gasteiger partial charge in [0.2, 0.25) is 0 Å². The van der Waals surface area contributed by atoms with Gasteiger partial charge in [-0.25, -0.2) is 0 Å². The van der Waals surface area contributed by atoms with Crippen LogP contribution in [0.4, 0.5) is 0 Å². The van der Waals surface area contributed by atoms with Crippen LogP contribution in [0.5, 0.6) is 0 Å². The van der Waals surface area contributed by atoms with Crippen LogP contribution in [0.25, 0.3) is 67.4 Å². The zero-order chi connectivity index (χ0) is 36.1. The first kappa shape index (κ1) is 32.7. The molecule has 0 N–H and O–H groups in total. The Labute approximate surface area is 316 Å². The van der Waals surface area contributed by atoms with Crippen LogP contribution in [-0.4, -0.2) is 9.97 Å². The first-order valence-electron chi connectivity index (χ1n) is 18.3. The van der Waals surface area contributed by atoms with Crippen LogP contribution in [0, 0.1) is 0 Å². The van der Waals surface area contributed by atoms with Gasteiger partial charge in [0.15, 0.2) is 0 Å². The molecule has 7 aromatic carbocycles. The van der Waals surface area contributed by atoms with Gasteiger partial charge in [-0.05, 0) is 79.9 Å². The minimum Gasteiger partial charge on any atom is -0.253 e. The molecule has 0 amide bonds. The van der Waals surface area contributed by atoms with Gasteiger partial charge in [-0.2, -0.15) is 0 Å². The molecule has 0 radical (unpaired) electrons. The van der Waals surface area contributed by atoms with Crippen LogP contribution in [-0.2, 0) is 0 Å². The summed E-state index contributed by atoms with van der Waals surface area (Å²) in [6.45, 7) is 0. The Balaban J connectivity index is 0.974. The summed E-state index contributed by atoms with van der Waals surface area (Å²) in [4.78, 5) is 9.89. The predicted octanol–water partition coefficient (Wildman–Crippen LogP) is 13.3. The molecule has 2 heterocycles. The van der Waals surface area contributed by atoms with Crippen molar-refractivity contribution in [2.45, 2.75) is 0 Å². The summed E-state index contributed by atoms with van der Waals surface area (Å²) < 4.78 is 0. The largest absolute Gasteiger partial charge is 0.253 e. The fourth-order valence-electron chi connectivity index (χ4n) is 7.12. The highest BCUT2D eigenvalue weighted by Gasteiger charge is 2.10. The second-order valence-corrected chi connectivity index (χ2v) is 13.5. The average Bonchev–Trinajstić information content (AvgIpc) is 3.26. The maximum absolute atomic E-state index is 4.95. The Morgan fingerprint density at radius 2 is 0.630 bits per heavy atom. The van der Waals surface area contributed by atoms with Gasteiger partial charge in [-0.3, -0.25) is 9.97 Å². The van der Waals surface area contributed by atoms with E-state index in [0.717, 1.165) is 55.2 Å². The summed E-state index contributed by atoms with van der Waals surface area (Å²) in [5.41, 5.74) is 15.7. The zero-order valence-corrected chi connectivity index (χ0v) is 29.7. The maximum atomic E-state index is 4.95. The molecule has 2 heteroatoms. The van der Waals surface area contributed by atoms with Gasteiger partial charge in [0.05, 0.1) is 11.0 Å². The summed E-state index contributed by atoms with van der Waals surface area (Å²) in [6, 6.07) is 68.5. The number of pyridine rings is 2. The first-order valence-corrected chi connectivity index (χ1v) is 18.3. The molecule has 0 aliphatic heterocycles. The van der Waals surface area contributed by atoms with Crippen molar-refractivity contribution in [2.75, 3.05) is 0 Å². The van der Waals surface area contributed by atoms with Gasteiger partial charge in [0.1, 0.15) is 0 Å². The van der Waals surface area contributed by atoms with Crippen LogP contribution in [0.3, 0.4) is 0 Å². The Bertz CT molecular complexity index is 2470. The molecule has 9 rings (SSSR count). The minimum absolute atomic E-state index is 0.910. The predicted molar refractivity (Wildman–Crippen MR) is 228 cm³/mol. The van der Waals surface area contributed by atoms with Gasteiger partial charge >= 0.3 is 0 Å². The molecule has 2 aromatic heterocycles. The Kier molecular flexibility index (Phi) is 8.99. The molecule has 0 aliphatic carbocycles. The second-order valence-electron chi connectivity index (χ2n) is 13.5. The lowest BCUT2D eigenvalue weighted by molar-refractivity contribution is 1.37. The number of benzene rings is 7. The van der Waals surface area contributed by atoms with Crippen molar-refractivity contribution < 1.29 is 0 Å². The van der Waals surface area contributed by atoms with Crippen LogP contribution < -0.4 is 0 Å². The topological polar surface area (TPSA) is 25.8 Å². The lowest BCUT2D eigenvalue weighted by Gasteiger charge is -2.10. The Hall–Kier alpha value is -7.16. The quantitative estimate of drug-likeness (QED) is 0.117. The van der Waals surface area contributed by atoms with E-state index >= 15 is 0 Å². The van der Waals surface area contributed by atoms with Crippen LogP contribution in [0.1, 0.15) is 33.4 Å². The SMILES string of the molecule is C(=C(c1ccccc1)c1ccccc1)c1ccc(-c2cnc3c(ccc4cc(-c5ccc(C=C(c6ccccc6)c6ccccc6)cc5)cnc43)c2)cc1. The van der Waals surface area contributed by atoms with Crippen LogP contribution in [0.2, 0.25) is 0 Å². The number of aromatic nitrogens is 2. The number of hydrogen-bond acceptors (Lipinski definition) is 2. The summed E-state index contributed by atoms with van der Waals surface area (Å²) in [6.07, 6.45) is 8.46. The molecule has 0 aliphatic rings. The standard InChI is InChI=1S/C52H36N2/c1-5-13-41(14-6-1)49(42-15-7-2-8-16-42)31-37-21-25-39(26-22-37)47-33-45-29-30-46-34-48(36-54-52(46)51(45)53-35-47)40-27-23-38(24-28-40)32-50(43-17-9-3-10-18-43)44-19-11-4-12-20-44/h1-36H. The number of nitrogens with zero attached hydrogens (tertiary/aromatic N) is 2. The summed E-state index contributed by atoms with van der Waals surface area (Å²) >= 11 is 0. The molecule has 0 saturated heterocycles. The molecular weight excluding hydrogens is 653 g/mol. The Morgan fingerprint density at radius 1 is 0.315 bits per heavy atom. The van der Waals surface area contributed by atoms with E-state index in [9.17, 15) is 0 Å². The molecule has 2 nitrogen and oxygen atoms in total. The van der Waals surface area contributed by atoms with Gasteiger partial charge in [-0.1, -0.05) is 182 Å². The molecule has 0 atom stereocenters.